The molecular weight excluding hydrogens is 370 g/mol. The Bertz CT molecular complexity index is 1150. The number of nitrogens with one attached hydrogen (secondary N) is 1. The number of nitrogens with zero attached hydrogens (tertiary/aromatic N) is 1. The number of aromatic amines is 1. The molecule has 0 saturated heterocycles. The highest BCUT2D eigenvalue weighted by atomic mass is 35.5. The number of hydrogen-bond acceptors (Lipinski definition) is 3. The van der Waals surface area contributed by atoms with Gasteiger partial charge in [-0.1, -0.05) is 17.7 Å². The summed E-state index contributed by atoms with van der Waals surface area (Å²) in [5.41, 5.74) is 12.4. The Morgan fingerprint density at radius 3 is 2.79 bits per heavy atom. The van der Waals surface area contributed by atoms with E-state index in [9.17, 15) is 0 Å². The van der Waals surface area contributed by atoms with E-state index in [4.69, 9.17) is 22.1 Å². The van der Waals surface area contributed by atoms with Crippen molar-refractivity contribution >= 4 is 33.4 Å². The fraction of sp³-hybridized carbons (Fsp3) is 0.261. The van der Waals surface area contributed by atoms with E-state index in [0.717, 1.165) is 63.3 Å². The highest BCUT2D eigenvalue weighted by molar-refractivity contribution is 6.31. The third-order valence-corrected chi connectivity index (χ3v) is 5.50. The Balaban J connectivity index is 1.99. The maximum absolute atomic E-state index is 6.39. The zero-order chi connectivity index (χ0) is 19.7. The molecule has 0 aliphatic heterocycles. The van der Waals surface area contributed by atoms with Gasteiger partial charge in [0.05, 0.1) is 12.8 Å². The number of hydrogen-bond donors (Lipinski definition) is 2. The van der Waals surface area contributed by atoms with Crippen molar-refractivity contribution in [3.05, 3.63) is 58.7 Å². The van der Waals surface area contributed by atoms with Crippen LogP contribution in [-0.2, 0) is 6.42 Å². The Morgan fingerprint density at radius 1 is 1.14 bits per heavy atom. The Morgan fingerprint density at radius 2 is 2.00 bits per heavy atom. The van der Waals surface area contributed by atoms with Gasteiger partial charge in [0, 0.05) is 33.1 Å². The molecule has 0 bridgehead atoms. The number of aromatic nitrogens is 2. The molecule has 4 rings (SSSR count). The number of benzene rings is 2. The van der Waals surface area contributed by atoms with Crippen LogP contribution in [0.2, 0.25) is 5.02 Å². The second kappa shape index (κ2) is 7.82. The van der Waals surface area contributed by atoms with Gasteiger partial charge in [0.15, 0.2) is 0 Å². The lowest BCUT2D eigenvalue weighted by molar-refractivity contribution is 0.419. The van der Waals surface area contributed by atoms with E-state index in [-0.39, 0.29) is 0 Å². The standard InChI is InChI=1S/C23H24ClN3O/c1-14-12-15(24)13-19-17(6-3-4-10-25)22(27-21(14)19)18-8-9-20(28-2)23-16(18)7-5-11-26-23/h5,7-9,11-13,27H,3-4,6,10,25H2,1-2H3. The smallest absolute Gasteiger partial charge is 0.145 e. The zero-order valence-corrected chi connectivity index (χ0v) is 16.9. The minimum Gasteiger partial charge on any atom is -0.494 e. The lowest BCUT2D eigenvalue weighted by Crippen LogP contribution is -1.99. The summed E-state index contributed by atoms with van der Waals surface area (Å²) in [5.74, 6) is 0.777. The van der Waals surface area contributed by atoms with Crippen LogP contribution < -0.4 is 10.5 Å². The van der Waals surface area contributed by atoms with Crippen molar-refractivity contribution in [2.75, 3.05) is 13.7 Å². The monoisotopic (exact) mass is 393 g/mol. The van der Waals surface area contributed by atoms with E-state index in [2.05, 4.69) is 35.1 Å². The van der Waals surface area contributed by atoms with Crippen molar-refractivity contribution in [2.45, 2.75) is 26.2 Å². The van der Waals surface area contributed by atoms with E-state index >= 15 is 0 Å². The average molecular weight is 394 g/mol. The molecule has 0 unspecified atom stereocenters. The quantitative estimate of drug-likeness (QED) is 0.417. The predicted octanol–water partition coefficient (Wildman–Crippen LogP) is 5.63. The molecule has 2 aromatic carbocycles. The second-order valence-corrected chi connectivity index (χ2v) is 7.52. The van der Waals surface area contributed by atoms with E-state index in [1.165, 1.54) is 10.9 Å². The normalized spacial score (nSPS) is 11.4. The third-order valence-electron chi connectivity index (χ3n) is 5.28. The van der Waals surface area contributed by atoms with Crippen LogP contribution in [0.25, 0.3) is 33.1 Å². The van der Waals surface area contributed by atoms with Crippen molar-refractivity contribution in [2.24, 2.45) is 5.73 Å². The SMILES string of the molecule is COc1ccc(-c2[nH]c3c(C)cc(Cl)cc3c2CCCCN)c2cccnc12. The molecular formula is C23H24ClN3O. The van der Waals surface area contributed by atoms with Gasteiger partial charge in [-0.05, 0) is 74.2 Å². The van der Waals surface area contributed by atoms with Crippen molar-refractivity contribution in [1.29, 1.82) is 0 Å². The van der Waals surface area contributed by atoms with E-state index in [1.54, 1.807) is 13.3 Å². The van der Waals surface area contributed by atoms with Gasteiger partial charge >= 0.3 is 0 Å². The first kappa shape index (κ1) is 18.8. The molecule has 0 aliphatic carbocycles. The maximum atomic E-state index is 6.39. The van der Waals surface area contributed by atoms with Gasteiger partial charge in [-0.3, -0.25) is 4.98 Å². The largest absolute Gasteiger partial charge is 0.494 e. The van der Waals surface area contributed by atoms with Crippen LogP contribution in [0.15, 0.2) is 42.6 Å². The Kier molecular flexibility index (Phi) is 5.25. The molecule has 0 fully saturated rings. The van der Waals surface area contributed by atoms with Crippen LogP contribution >= 0.6 is 11.6 Å². The van der Waals surface area contributed by atoms with Crippen LogP contribution in [0.4, 0.5) is 0 Å². The molecule has 144 valence electrons. The number of nitrogens with two attached hydrogens (primary N) is 1. The summed E-state index contributed by atoms with van der Waals surface area (Å²) in [7, 11) is 1.68. The highest BCUT2D eigenvalue weighted by Crippen LogP contribution is 2.39. The second-order valence-electron chi connectivity index (χ2n) is 7.08. The number of H-pyrrole nitrogens is 1. The number of fused-ring (bicyclic) bond motifs is 2. The number of methoxy groups -OCH3 is 1. The first-order valence-corrected chi connectivity index (χ1v) is 9.94. The van der Waals surface area contributed by atoms with Crippen molar-refractivity contribution < 1.29 is 4.74 Å². The van der Waals surface area contributed by atoms with Crippen molar-refractivity contribution in [3.63, 3.8) is 0 Å². The lowest BCUT2D eigenvalue weighted by Gasteiger charge is -2.11. The highest BCUT2D eigenvalue weighted by Gasteiger charge is 2.18. The molecule has 3 N–H and O–H groups in total. The maximum Gasteiger partial charge on any atom is 0.145 e. The van der Waals surface area contributed by atoms with Crippen LogP contribution in [-0.4, -0.2) is 23.6 Å². The van der Waals surface area contributed by atoms with Crippen LogP contribution in [0.1, 0.15) is 24.0 Å². The van der Waals surface area contributed by atoms with Crippen molar-refractivity contribution in [1.82, 2.24) is 9.97 Å². The zero-order valence-electron chi connectivity index (χ0n) is 16.2. The molecule has 0 saturated carbocycles. The molecule has 0 spiro atoms. The minimum atomic E-state index is 0.701. The van der Waals surface area contributed by atoms with Gasteiger partial charge in [0.25, 0.3) is 0 Å². The number of halogens is 1. The Labute approximate surface area is 169 Å². The van der Waals surface area contributed by atoms with Crippen molar-refractivity contribution in [3.8, 4) is 17.0 Å². The van der Waals surface area contributed by atoms with Crippen LogP contribution in [0.5, 0.6) is 5.75 Å². The Hall–Kier alpha value is -2.56. The minimum absolute atomic E-state index is 0.701. The first-order chi connectivity index (χ1) is 13.6. The predicted molar refractivity (Wildman–Crippen MR) is 117 cm³/mol. The van der Waals surface area contributed by atoms with Gasteiger partial charge in [0.2, 0.25) is 0 Å². The number of ether oxygens (including phenoxy) is 1. The topological polar surface area (TPSA) is 63.9 Å². The summed E-state index contributed by atoms with van der Waals surface area (Å²) in [6.45, 7) is 2.79. The number of pyridine rings is 1. The lowest BCUT2D eigenvalue weighted by atomic mass is 9.97. The number of aryl methyl sites for hydroxylation is 2. The summed E-state index contributed by atoms with van der Waals surface area (Å²) in [6, 6.07) is 12.2. The molecule has 4 nitrogen and oxygen atoms in total. The van der Waals surface area contributed by atoms with Gasteiger partial charge in [-0.2, -0.15) is 0 Å². The molecule has 2 aromatic heterocycles. The first-order valence-electron chi connectivity index (χ1n) is 9.57. The van der Waals surface area contributed by atoms with Gasteiger partial charge in [-0.15, -0.1) is 0 Å². The summed E-state index contributed by atoms with van der Waals surface area (Å²) in [5, 5.41) is 3.01. The fourth-order valence-corrected chi connectivity index (χ4v) is 4.22. The molecule has 2 heterocycles. The van der Waals surface area contributed by atoms with E-state index in [0.29, 0.717) is 6.54 Å². The molecule has 0 radical (unpaired) electrons. The van der Waals surface area contributed by atoms with Gasteiger partial charge < -0.3 is 15.5 Å². The molecule has 28 heavy (non-hydrogen) atoms. The summed E-state index contributed by atoms with van der Waals surface area (Å²) >= 11 is 6.39. The van der Waals surface area contributed by atoms with Gasteiger partial charge in [-0.25, -0.2) is 0 Å². The molecule has 5 heteroatoms. The summed E-state index contributed by atoms with van der Waals surface area (Å²) in [4.78, 5) is 8.23. The number of rotatable bonds is 6. The fourth-order valence-electron chi connectivity index (χ4n) is 3.95. The molecule has 0 amide bonds. The molecule has 4 aromatic rings. The molecule has 0 aliphatic rings. The van der Waals surface area contributed by atoms with Crippen LogP contribution in [0.3, 0.4) is 0 Å². The van der Waals surface area contributed by atoms with E-state index in [1.807, 2.05) is 18.2 Å². The van der Waals surface area contributed by atoms with Crippen LogP contribution in [0, 0.1) is 6.92 Å². The summed E-state index contributed by atoms with van der Waals surface area (Å²) in [6.07, 6.45) is 4.77. The van der Waals surface area contributed by atoms with Gasteiger partial charge in [0.1, 0.15) is 11.3 Å². The molecule has 0 atom stereocenters. The third kappa shape index (κ3) is 3.23. The average Bonchev–Trinajstić information content (AvgIpc) is 3.06. The summed E-state index contributed by atoms with van der Waals surface area (Å²) < 4.78 is 5.52. The number of unbranched alkanes of at least 4 members (excludes halogenated alkanes) is 1. The van der Waals surface area contributed by atoms with E-state index < -0.39 is 0 Å².